The second kappa shape index (κ2) is 7.66. The molecule has 3 aromatic carbocycles. The van der Waals surface area contributed by atoms with Gasteiger partial charge in [0.05, 0.1) is 11.3 Å². The standard InChI is InChI=1S/C23H16FNO2S/c24-17-8-10-18(11-9-17)25-21-13-15(6-12-20(21)23(26)27)5-7-16-14-28-22-4-2-1-3-19(16)22/h1-14,25H,(H,26,27)/b7-5+. The van der Waals surface area contributed by atoms with Gasteiger partial charge in [-0.05, 0) is 64.4 Å². The third-order valence-electron chi connectivity index (χ3n) is 4.36. The van der Waals surface area contributed by atoms with E-state index in [9.17, 15) is 14.3 Å². The number of thiophene rings is 1. The second-order valence-corrected chi connectivity index (χ2v) is 7.17. The molecule has 0 saturated carbocycles. The van der Waals surface area contributed by atoms with Gasteiger partial charge < -0.3 is 10.4 Å². The Morgan fingerprint density at radius 1 is 1.00 bits per heavy atom. The molecule has 3 nitrogen and oxygen atoms in total. The summed E-state index contributed by atoms with van der Waals surface area (Å²) in [4.78, 5) is 11.6. The summed E-state index contributed by atoms with van der Waals surface area (Å²) in [6.45, 7) is 0. The Labute approximate surface area is 165 Å². The maximum Gasteiger partial charge on any atom is 0.337 e. The average Bonchev–Trinajstić information content (AvgIpc) is 3.11. The minimum atomic E-state index is -1.02. The van der Waals surface area contributed by atoms with E-state index in [4.69, 9.17) is 0 Å². The van der Waals surface area contributed by atoms with Gasteiger partial charge in [-0.1, -0.05) is 36.4 Å². The van der Waals surface area contributed by atoms with Crippen LogP contribution in [0.4, 0.5) is 15.8 Å². The van der Waals surface area contributed by atoms with Crippen LogP contribution in [0.3, 0.4) is 0 Å². The van der Waals surface area contributed by atoms with Gasteiger partial charge >= 0.3 is 5.97 Å². The predicted octanol–water partition coefficient (Wildman–Crippen LogP) is 6.65. The number of carboxylic acids is 1. The molecule has 0 aliphatic carbocycles. The van der Waals surface area contributed by atoms with Gasteiger partial charge in [0.1, 0.15) is 5.82 Å². The Balaban J connectivity index is 1.66. The lowest BCUT2D eigenvalue weighted by Crippen LogP contribution is -2.03. The van der Waals surface area contributed by atoms with Crippen molar-refractivity contribution in [2.24, 2.45) is 0 Å². The maximum absolute atomic E-state index is 13.1. The highest BCUT2D eigenvalue weighted by Gasteiger charge is 2.11. The van der Waals surface area contributed by atoms with E-state index >= 15 is 0 Å². The van der Waals surface area contributed by atoms with E-state index in [-0.39, 0.29) is 11.4 Å². The number of anilines is 2. The number of hydrogen-bond acceptors (Lipinski definition) is 3. The lowest BCUT2D eigenvalue weighted by molar-refractivity contribution is 0.0698. The molecule has 1 aromatic heterocycles. The van der Waals surface area contributed by atoms with E-state index in [0.29, 0.717) is 11.4 Å². The Morgan fingerprint density at radius 2 is 1.79 bits per heavy atom. The highest BCUT2D eigenvalue weighted by atomic mass is 32.1. The number of fused-ring (bicyclic) bond motifs is 1. The summed E-state index contributed by atoms with van der Waals surface area (Å²) in [6.07, 6.45) is 3.98. The first kappa shape index (κ1) is 17.9. The topological polar surface area (TPSA) is 49.3 Å². The Kier molecular flexibility index (Phi) is 4.91. The minimum absolute atomic E-state index is 0.155. The van der Waals surface area contributed by atoms with Crippen molar-refractivity contribution in [1.82, 2.24) is 0 Å². The van der Waals surface area contributed by atoms with Crippen LogP contribution in [0.5, 0.6) is 0 Å². The molecule has 0 saturated heterocycles. The van der Waals surface area contributed by atoms with Crippen molar-refractivity contribution in [3.05, 3.63) is 94.6 Å². The SMILES string of the molecule is O=C(O)c1ccc(/C=C/c2csc3ccccc23)cc1Nc1ccc(F)cc1. The number of benzene rings is 3. The lowest BCUT2D eigenvalue weighted by atomic mass is 10.1. The van der Waals surface area contributed by atoms with Gasteiger partial charge in [0.2, 0.25) is 0 Å². The molecule has 138 valence electrons. The quantitative estimate of drug-likeness (QED) is 0.402. The van der Waals surface area contributed by atoms with Gasteiger partial charge in [0.25, 0.3) is 0 Å². The van der Waals surface area contributed by atoms with Crippen molar-refractivity contribution in [2.45, 2.75) is 0 Å². The van der Waals surface area contributed by atoms with Gasteiger partial charge in [-0.3, -0.25) is 0 Å². The van der Waals surface area contributed by atoms with Crippen LogP contribution in [-0.2, 0) is 0 Å². The molecule has 0 aliphatic rings. The molecular weight excluding hydrogens is 373 g/mol. The van der Waals surface area contributed by atoms with Gasteiger partial charge in [-0.25, -0.2) is 9.18 Å². The summed E-state index contributed by atoms with van der Waals surface area (Å²) >= 11 is 1.69. The number of nitrogens with one attached hydrogen (secondary N) is 1. The van der Waals surface area contributed by atoms with Crippen LogP contribution >= 0.6 is 11.3 Å². The minimum Gasteiger partial charge on any atom is -0.478 e. The zero-order valence-electron chi connectivity index (χ0n) is 14.7. The van der Waals surface area contributed by atoms with Crippen LogP contribution < -0.4 is 5.32 Å². The smallest absolute Gasteiger partial charge is 0.337 e. The summed E-state index contributed by atoms with van der Waals surface area (Å²) in [5.74, 6) is -1.37. The van der Waals surface area contributed by atoms with Crippen molar-refractivity contribution in [3.8, 4) is 0 Å². The molecule has 2 N–H and O–H groups in total. The zero-order chi connectivity index (χ0) is 19.5. The molecular formula is C23H16FNO2S. The van der Waals surface area contributed by atoms with Crippen molar-refractivity contribution >= 4 is 50.9 Å². The first-order valence-corrected chi connectivity index (χ1v) is 9.52. The molecule has 0 bridgehead atoms. The number of aromatic carboxylic acids is 1. The highest BCUT2D eigenvalue weighted by Crippen LogP contribution is 2.28. The van der Waals surface area contributed by atoms with E-state index in [0.717, 1.165) is 11.1 Å². The van der Waals surface area contributed by atoms with E-state index in [1.807, 2.05) is 24.3 Å². The predicted molar refractivity (Wildman–Crippen MR) is 114 cm³/mol. The van der Waals surface area contributed by atoms with Crippen molar-refractivity contribution in [1.29, 1.82) is 0 Å². The Bertz CT molecular complexity index is 1180. The van der Waals surface area contributed by atoms with E-state index in [1.54, 1.807) is 41.7 Å². The van der Waals surface area contributed by atoms with Crippen LogP contribution in [0.25, 0.3) is 22.2 Å². The average molecular weight is 389 g/mol. The molecule has 0 radical (unpaired) electrons. The lowest BCUT2D eigenvalue weighted by Gasteiger charge is -2.11. The van der Waals surface area contributed by atoms with Crippen molar-refractivity contribution in [2.75, 3.05) is 5.32 Å². The van der Waals surface area contributed by atoms with Crippen LogP contribution in [0.15, 0.2) is 72.1 Å². The number of carboxylic acid groups (broad SMARTS) is 1. The largest absolute Gasteiger partial charge is 0.478 e. The molecule has 28 heavy (non-hydrogen) atoms. The van der Waals surface area contributed by atoms with Crippen LogP contribution in [0.2, 0.25) is 0 Å². The molecule has 0 spiro atoms. The van der Waals surface area contributed by atoms with E-state index in [2.05, 4.69) is 22.8 Å². The molecule has 0 aliphatic heterocycles. The molecule has 0 unspecified atom stereocenters. The number of carbonyl (C=O) groups is 1. The second-order valence-electron chi connectivity index (χ2n) is 6.26. The van der Waals surface area contributed by atoms with Gasteiger partial charge in [-0.2, -0.15) is 0 Å². The molecule has 4 aromatic rings. The summed E-state index contributed by atoms with van der Waals surface area (Å²) < 4.78 is 14.3. The fraction of sp³-hybridized carbons (Fsp3) is 0. The Hall–Kier alpha value is -3.44. The number of halogens is 1. The first-order valence-electron chi connectivity index (χ1n) is 8.64. The van der Waals surface area contributed by atoms with E-state index < -0.39 is 5.97 Å². The van der Waals surface area contributed by atoms with Crippen molar-refractivity contribution < 1.29 is 14.3 Å². The van der Waals surface area contributed by atoms with Crippen molar-refractivity contribution in [3.63, 3.8) is 0 Å². The molecule has 4 rings (SSSR count). The Morgan fingerprint density at radius 3 is 2.57 bits per heavy atom. The third kappa shape index (κ3) is 3.80. The van der Waals surface area contributed by atoms with Crippen LogP contribution in [-0.4, -0.2) is 11.1 Å². The molecule has 0 amide bonds. The highest BCUT2D eigenvalue weighted by molar-refractivity contribution is 7.17. The fourth-order valence-corrected chi connectivity index (χ4v) is 3.89. The van der Waals surface area contributed by atoms with Gasteiger partial charge in [0, 0.05) is 10.4 Å². The molecule has 5 heteroatoms. The van der Waals surface area contributed by atoms with Gasteiger partial charge in [0.15, 0.2) is 0 Å². The molecule has 1 heterocycles. The summed E-state index contributed by atoms with van der Waals surface area (Å²) in [7, 11) is 0. The van der Waals surface area contributed by atoms with Gasteiger partial charge in [-0.15, -0.1) is 11.3 Å². The zero-order valence-corrected chi connectivity index (χ0v) is 15.5. The number of rotatable bonds is 5. The number of hydrogen-bond donors (Lipinski definition) is 2. The monoisotopic (exact) mass is 389 g/mol. The van der Waals surface area contributed by atoms with Crippen LogP contribution in [0.1, 0.15) is 21.5 Å². The maximum atomic E-state index is 13.1. The van der Waals surface area contributed by atoms with E-state index in [1.165, 1.54) is 22.2 Å². The fourth-order valence-electron chi connectivity index (χ4n) is 2.96. The van der Waals surface area contributed by atoms with Crippen LogP contribution in [0, 0.1) is 5.82 Å². The first-order chi connectivity index (χ1) is 13.6. The third-order valence-corrected chi connectivity index (χ3v) is 5.35. The molecule has 0 atom stereocenters. The summed E-state index contributed by atoms with van der Waals surface area (Å²) in [5, 5.41) is 15.8. The molecule has 0 fully saturated rings. The normalized spacial score (nSPS) is 11.2. The summed E-state index contributed by atoms with van der Waals surface area (Å²) in [6, 6.07) is 19.1. The summed E-state index contributed by atoms with van der Waals surface area (Å²) in [5.41, 5.74) is 3.22.